The molecule has 0 aliphatic heterocycles. The molecule has 0 spiro atoms. The van der Waals surface area contributed by atoms with E-state index < -0.39 is 0 Å². The van der Waals surface area contributed by atoms with Crippen LogP contribution < -0.4 is 10.2 Å². The van der Waals surface area contributed by atoms with Crippen LogP contribution in [0.25, 0.3) is 0 Å². The predicted molar refractivity (Wildman–Crippen MR) is 90.5 cm³/mol. The Hall–Kier alpha value is -2.47. The summed E-state index contributed by atoms with van der Waals surface area (Å²) in [6, 6.07) is 10.8. The average molecular weight is 314 g/mol. The number of benzene rings is 1. The van der Waals surface area contributed by atoms with E-state index >= 15 is 0 Å². The summed E-state index contributed by atoms with van der Waals surface area (Å²) in [5, 5.41) is 12.5. The van der Waals surface area contributed by atoms with Crippen molar-refractivity contribution >= 4 is 17.4 Å². The van der Waals surface area contributed by atoms with Crippen LogP contribution in [-0.4, -0.2) is 40.7 Å². The molecular formula is C17H22N4O2. The molecule has 6 nitrogen and oxygen atoms in total. The lowest BCUT2D eigenvalue weighted by molar-refractivity contribution is 0.0988. The van der Waals surface area contributed by atoms with Crippen LogP contribution in [0.2, 0.25) is 0 Å². The highest BCUT2D eigenvalue weighted by Gasteiger charge is 2.17. The van der Waals surface area contributed by atoms with Crippen LogP contribution in [0.5, 0.6) is 0 Å². The number of hydrogen-bond donors (Lipinski definition) is 2. The minimum Gasteiger partial charge on any atom is -0.394 e. The normalized spacial score (nSPS) is 12.0. The summed E-state index contributed by atoms with van der Waals surface area (Å²) in [7, 11) is 1.71. The Labute approximate surface area is 136 Å². The van der Waals surface area contributed by atoms with Crippen LogP contribution in [0, 0.1) is 5.92 Å². The Kier molecular flexibility index (Phi) is 5.65. The summed E-state index contributed by atoms with van der Waals surface area (Å²) in [5.41, 5.74) is 1.09. The van der Waals surface area contributed by atoms with E-state index in [4.69, 9.17) is 0 Å². The molecule has 2 N–H and O–H groups in total. The number of aliphatic hydroxyl groups excluding tert-OH is 1. The number of hydrogen-bond acceptors (Lipinski definition) is 5. The van der Waals surface area contributed by atoms with E-state index in [2.05, 4.69) is 15.3 Å². The molecule has 0 bridgehead atoms. The summed E-state index contributed by atoms with van der Waals surface area (Å²) in [4.78, 5) is 22.3. The summed E-state index contributed by atoms with van der Waals surface area (Å²) in [5.74, 6) is 0.547. The summed E-state index contributed by atoms with van der Waals surface area (Å²) in [6.07, 6.45) is 1.35. The van der Waals surface area contributed by atoms with Crippen molar-refractivity contribution in [2.75, 3.05) is 23.9 Å². The quantitative estimate of drug-likeness (QED) is 0.854. The number of aromatic nitrogens is 2. The second-order valence-corrected chi connectivity index (χ2v) is 5.67. The van der Waals surface area contributed by atoms with E-state index in [1.807, 2.05) is 44.2 Å². The number of carbonyl (C=O) groups is 1. The van der Waals surface area contributed by atoms with Crippen LogP contribution in [0.15, 0.2) is 42.7 Å². The van der Waals surface area contributed by atoms with Gasteiger partial charge in [0.2, 0.25) is 0 Å². The van der Waals surface area contributed by atoms with E-state index in [0.29, 0.717) is 11.5 Å². The van der Waals surface area contributed by atoms with Crippen LogP contribution in [-0.2, 0) is 0 Å². The molecule has 122 valence electrons. The standard InChI is InChI=1S/C17H22N4O2/c1-12(2)15(10-22)20-16-9-14(18-11-19-16)17(23)21(3)13-7-5-4-6-8-13/h4-9,11-12,15,22H,10H2,1-3H3,(H,18,19,20). The van der Waals surface area contributed by atoms with E-state index in [-0.39, 0.29) is 24.5 Å². The molecule has 23 heavy (non-hydrogen) atoms. The Bertz CT molecular complexity index is 646. The lowest BCUT2D eigenvalue weighted by atomic mass is 10.1. The number of carbonyl (C=O) groups excluding carboxylic acids is 1. The zero-order chi connectivity index (χ0) is 16.8. The summed E-state index contributed by atoms with van der Waals surface area (Å²) in [6.45, 7) is 4.00. The molecule has 1 heterocycles. The van der Waals surface area contributed by atoms with E-state index in [9.17, 15) is 9.90 Å². The molecular weight excluding hydrogens is 292 g/mol. The first-order chi connectivity index (χ1) is 11.0. The molecule has 1 aromatic heterocycles. The SMILES string of the molecule is CC(C)C(CO)Nc1cc(C(=O)N(C)c2ccccc2)ncn1. The number of anilines is 2. The van der Waals surface area contributed by atoms with Crippen molar-refractivity contribution in [3.63, 3.8) is 0 Å². The maximum absolute atomic E-state index is 12.5. The first kappa shape index (κ1) is 16.9. The fraction of sp³-hybridized carbons (Fsp3) is 0.353. The predicted octanol–water partition coefficient (Wildman–Crippen LogP) is 2.18. The van der Waals surface area contributed by atoms with Crippen molar-refractivity contribution in [3.8, 4) is 0 Å². The second-order valence-electron chi connectivity index (χ2n) is 5.67. The van der Waals surface area contributed by atoms with Gasteiger partial charge >= 0.3 is 0 Å². The molecule has 1 atom stereocenters. The van der Waals surface area contributed by atoms with Crippen LogP contribution in [0.3, 0.4) is 0 Å². The van der Waals surface area contributed by atoms with Crippen molar-refractivity contribution < 1.29 is 9.90 Å². The Morgan fingerprint density at radius 1 is 1.26 bits per heavy atom. The van der Waals surface area contributed by atoms with Gasteiger partial charge in [0.25, 0.3) is 5.91 Å². The smallest absolute Gasteiger partial charge is 0.276 e. The van der Waals surface area contributed by atoms with Gasteiger partial charge in [0.05, 0.1) is 12.6 Å². The third-order valence-electron chi connectivity index (χ3n) is 3.67. The van der Waals surface area contributed by atoms with Crippen LogP contribution in [0.4, 0.5) is 11.5 Å². The van der Waals surface area contributed by atoms with Crippen molar-refractivity contribution in [2.45, 2.75) is 19.9 Å². The second kappa shape index (κ2) is 7.69. The highest BCUT2D eigenvalue weighted by molar-refractivity contribution is 6.04. The van der Waals surface area contributed by atoms with Gasteiger partial charge < -0.3 is 15.3 Å². The van der Waals surface area contributed by atoms with Crippen LogP contribution >= 0.6 is 0 Å². The van der Waals surface area contributed by atoms with E-state index in [0.717, 1.165) is 5.69 Å². The van der Waals surface area contributed by atoms with Crippen molar-refractivity contribution in [3.05, 3.63) is 48.4 Å². The van der Waals surface area contributed by atoms with Gasteiger partial charge in [-0.15, -0.1) is 0 Å². The van der Waals surface area contributed by atoms with Crippen molar-refractivity contribution in [2.24, 2.45) is 5.92 Å². The molecule has 2 rings (SSSR count). The highest BCUT2D eigenvalue weighted by atomic mass is 16.3. The Balaban J connectivity index is 2.17. The van der Waals surface area contributed by atoms with Gasteiger partial charge in [-0.2, -0.15) is 0 Å². The number of nitrogens with one attached hydrogen (secondary N) is 1. The molecule has 1 unspecified atom stereocenters. The van der Waals surface area contributed by atoms with Crippen LogP contribution in [0.1, 0.15) is 24.3 Å². The molecule has 0 aliphatic carbocycles. The summed E-state index contributed by atoms with van der Waals surface area (Å²) < 4.78 is 0. The topological polar surface area (TPSA) is 78.4 Å². The van der Waals surface area contributed by atoms with Gasteiger partial charge in [-0.05, 0) is 18.1 Å². The number of amides is 1. The highest BCUT2D eigenvalue weighted by Crippen LogP contribution is 2.16. The van der Waals surface area contributed by atoms with Gasteiger partial charge in [0.1, 0.15) is 17.8 Å². The molecule has 0 saturated heterocycles. The van der Waals surface area contributed by atoms with Crippen molar-refractivity contribution in [1.82, 2.24) is 9.97 Å². The molecule has 0 aliphatic rings. The third-order valence-corrected chi connectivity index (χ3v) is 3.67. The van der Waals surface area contributed by atoms with E-state index in [1.54, 1.807) is 13.1 Å². The maximum atomic E-state index is 12.5. The largest absolute Gasteiger partial charge is 0.394 e. The molecule has 2 aromatic rings. The molecule has 1 amide bonds. The minimum atomic E-state index is -0.216. The monoisotopic (exact) mass is 314 g/mol. The Morgan fingerprint density at radius 3 is 2.57 bits per heavy atom. The number of aliphatic hydroxyl groups is 1. The first-order valence-corrected chi connectivity index (χ1v) is 7.55. The maximum Gasteiger partial charge on any atom is 0.276 e. The Morgan fingerprint density at radius 2 is 1.96 bits per heavy atom. The van der Waals surface area contributed by atoms with Gasteiger partial charge in [-0.25, -0.2) is 9.97 Å². The van der Waals surface area contributed by atoms with Gasteiger partial charge in [-0.3, -0.25) is 4.79 Å². The number of para-hydroxylation sites is 1. The minimum absolute atomic E-state index is 0.00509. The average Bonchev–Trinajstić information content (AvgIpc) is 2.59. The lowest BCUT2D eigenvalue weighted by Crippen LogP contribution is -2.30. The molecule has 0 fully saturated rings. The zero-order valence-electron chi connectivity index (χ0n) is 13.6. The fourth-order valence-electron chi connectivity index (χ4n) is 2.11. The summed E-state index contributed by atoms with van der Waals surface area (Å²) >= 11 is 0. The molecule has 6 heteroatoms. The molecule has 0 radical (unpaired) electrons. The van der Waals surface area contributed by atoms with E-state index in [1.165, 1.54) is 11.2 Å². The van der Waals surface area contributed by atoms with Gasteiger partial charge in [0.15, 0.2) is 0 Å². The zero-order valence-corrected chi connectivity index (χ0v) is 13.6. The van der Waals surface area contributed by atoms with Gasteiger partial charge in [0, 0.05) is 18.8 Å². The third kappa shape index (κ3) is 4.26. The van der Waals surface area contributed by atoms with Gasteiger partial charge in [-0.1, -0.05) is 32.0 Å². The number of nitrogens with zero attached hydrogens (tertiary/aromatic N) is 3. The first-order valence-electron chi connectivity index (χ1n) is 7.55. The fourth-order valence-corrected chi connectivity index (χ4v) is 2.11. The van der Waals surface area contributed by atoms with Crippen molar-refractivity contribution in [1.29, 1.82) is 0 Å². The molecule has 0 saturated carbocycles. The molecule has 1 aromatic carbocycles. The lowest BCUT2D eigenvalue weighted by Gasteiger charge is -2.21. The number of rotatable bonds is 6.